The number of furan rings is 1. The number of rotatable bonds is 4. The molecule has 0 radical (unpaired) electrons. The summed E-state index contributed by atoms with van der Waals surface area (Å²) in [7, 11) is 0. The monoisotopic (exact) mass is 301 g/mol. The van der Waals surface area contributed by atoms with Crippen LogP contribution in [0, 0.1) is 6.92 Å². The standard InChI is InChI=1S/C16H19N3OS/c1-3-10-19-15(13-8-7-11(2)20-13)14(18-16(19)21)12-6-4-5-9-17-12/h4-9,14-15H,3,10H2,1-2H3,(H,18,21)/t14-,15+/m1/s1. The maximum atomic E-state index is 5.87. The van der Waals surface area contributed by atoms with Crippen molar-refractivity contribution in [2.75, 3.05) is 6.54 Å². The molecule has 4 nitrogen and oxygen atoms in total. The molecule has 0 saturated carbocycles. The zero-order valence-electron chi connectivity index (χ0n) is 12.2. The van der Waals surface area contributed by atoms with Crippen LogP contribution in [0.2, 0.25) is 0 Å². The van der Waals surface area contributed by atoms with Crippen molar-refractivity contribution >= 4 is 17.3 Å². The van der Waals surface area contributed by atoms with Crippen LogP contribution in [0.15, 0.2) is 40.9 Å². The van der Waals surface area contributed by atoms with Crippen molar-refractivity contribution in [2.24, 2.45) is 0 Å². The smallest absolute Gasteiger partial charge is 0.170 e. The third-order valence-corrected chi connectivity index (χ3v) is 4.07. The molecule has 0 amide bonds. The van der Waals surface area contributed by atoms with E-state index in [2.05, 4.69) is 22.1 Å². The molecule has 0 aromatic carbocycles. The highest BCUT2D eigenvalue weighted by Gasteiger charge is 2.40. The number of hydrogen-bond acceptors (Lipinski definition) is 3. The highest BCUT2D eigenvalue weighted by molar-refractivity contribution is 7.80. The van der Waals surface area contributed by atoms with Crippen LogP contribution in [0.5, 0.6) is 0 Å². The SMILES string of the molecule is CCCN1C(=S)N[C@H](c2ccccn2)[C@@H]1c1ccc(C)o1. The topological polar surface area (TPSA) is 41.3 Å². The number of aromatic nitrogens is 1. The van der Waals surface area contributed by atoms with Gasteiger partial charge in [0.25, 0.3) is 0 Å². The Bertz CT molecular complexity index is 625. The minimum atomic E-state index is 0.0239. The minimum absolute atomic E-state index is 0.0239. The van der Waals surface area contributed by atoms with E-state index in [0.29, 0.717) is 0 Å². The number of thiocarbonyl (C=S) groups is 1. The molecule has 0 unspecified atom stereocenters. The molecule has 110 valence electrons. The Morgan fingerprint density at radius 2 is 2.19 bits per heavy atom. The number of pyridine rings is 1. The van der Waals surface area contributed by atoms with Gasteiger partial charge >= 0.3 is 0 Å². The number of nitrogens with zero attached hydrogens (tertiary/aromatic N) is 2. The highest BCUT2D eigenvalue weighted by Crippen LogP contribution is 2.39. The Kier molecular flexibility index (Phi) is 3.92. The van der Waals surface area contributed by atoms with Crippen LogP contribution in [0.4, 0.5) is 0 Å². The average Bonchev–Trinajstić information content (AvgIpc) is 3.05. The minimum Gasteiger partial charge on any atom is -0.464 e. The van der Waals surface area contributed by atoms with Gasteiger partial charge in [0, 0.05) is 12.7 Å². The van der Waals surface area contributed by atoms with E-state index in [1.165, 1.54) is 0 Å². The largest absolute Gasteiger partial charge is 0.464 e. The van der Waals surface area contributed by atoms with Gasteiger partial charge in [0.05, 0.1) is 11.7 Å². The summed E-state index contributed by atoms with van der Waals surface area (Å²) in [5, 5.41) is 4.17. The fourth-order valence-electron chi connectivity index (χ4n) is 2.81. The van der Waals surface area contributed by atoms with E-state index in [-0.39, 0.29) is 12.1 Å². The second kappa shape index (κ2) is 5.85. The zero-order chi connectivity index (χ0) is 14.8. The average molecular weight is 301 g/mol. The Morgan fingerprint density at radius 1 is 1.33 bits per heavy atom. The third-order valence-electron chi connectivity index (χ3n) is 3.71. The van der Waals surface area contributed by atoms with Crippen LogP contribution in [0.3, 0.4) is 0 Å². The predicted molar refractivity (Wildman–Crippen MR) is 85.9 cm³/mol. The molecule has 2 aromatic heterocycles. The first-order chi connectivity index (χ1) is 10.2. The van der Waals surface area contributed by atoms with Crippen LogP contribution in [-0.4, -0.2) is 21.5 Å². The number of hydrogen-bond donors (Lipinski definition) is 1. The van der Waals surface area contributed by atoms with Crippen molar-refractivity contribution in [2.45, 2.75) is 32.4 Å². The number of aryl methyl sites for hydroxylation is 1. The summed E-state index contributed by atoms with van der Waals surface area (Å²) in [6.45, 7) is 5.02. The van der Waals surface area contributed by atoms with Gasteiger partial charge < -0.3 is 14.6 Å². The Morgan fingerprint density at radius 3 is 2.81 bits per heavy atom. The number of nitrogens with one attached hydrogen (secondary N) is 1. The normalized spacial score (nSPS) is 21.6. The molecular formula is C16H19N3OS. The lowest BCUT2D eigenvalue weighted by Gasteiger charge is -2.25. The molecule has 3 rings (SSSR count). The molecule has 5 heteroatoms. The first-order valence-electron chi connectivity index (χ1n) is 7.25. The molecule has 2 atom stereocenters. The lowest BCUT2D eigenvalue weighted by molar-refractivity contribution is 0.269. The maximum Gasteiger partial charge on any atom is 0.170 e. The molecule has 0 spiro atoms. The van der Waals surface area contributed by atoms with Crippen molar-refractivity contribution in [1.29, 1.82) is 0 Å². The molecule has 2 aromatic rings. The maximum absolute atomic E-state index is 5.87. The Labute approximate surface area is 130 Å². The molecular weight excluding hydrogens is 282 g/mol. The van der Waals surface area contributed by atoms with Gasteiger partial charge in [0.15, 0.2) is 5.11 Å². The van der Waals surface area contributed by atoms with Crippen molar-refractivity contribution < 1.29 is 4.42 Å². The third kappa shape index (κ3) is 2.65. The molecule has 1 fully saturated rings. The van der Waals surface area contributed by atoms with Crippen molar-refractivity contribution in [1.82, 2.24) is 15.2 Å². The quantitative estimate of drug-likeness (QED) is 0.877. The molecule has 1 aliphatic rings. The first kappa shape index (κ1) is 14.1. The highest BCUT2D eigenvalue weighted by atomic mass is 32.1. The van der Waals surface area contributed by atoms with E-state index < -0.39 is 0 Å². The summed E-state index contributed by atoms with van der Waals surface area (Å²) in [6, 6.07) is 10.1. The van der Waals surface area contributed by atoms with Crippen molar-refractivity contribution in [3.05, 3.63) is 53.7 Å². The molecule has 1 aliphatic heterocycles. The summed E-state index contributed by atoms with van der Waals surface area (Å²) in [5.74, 6) is 1.85. The van der Waals surface area contributed by atoms with Gasteiger partial charge in [-0.3, -0.25) is 4.98 Å². The van der Waals surface area contributed by atoms with Crippen LogP contribution >= 0.6 is 12.2 Å². The van der Waals surface area contributed by atoms with Crippen LogP contribution in [-0.2, 0) is 0 Å². The first-order valence-corrected chi connectivity index (χ1v) is 7.66. The van der Waals surface area contributed by atoms with Crippen LogP contribution < -0.4 is 5.32 Å². The lowest BCUT2D eigenvalue weighted by Crippen LogP contribution is -2.30. The second-order valence-corrected chi connectivity index (χ2v) is 5.66. The van der Waals surface area contributed by atoms with Gasteiger partial charge in [-0.2, -0.15) is 0 Å². The predicted octanol–water partition coefficient (Wildman–Crippen LogP) is 3.37. The summed E-state index contributed by atoms with van der Waals surface area (Å²) < 4.78 is 5.87. The van der Waals surface area contributed by atoms with E-state index in [0.717, 1.165) is 35.3 Å². The van der Waals surface area contributed by atoms with Crippen LogP contribution in [0.25, 0.3) is 0 Å². The van der Waals surface area contributed by atoms with E-state index in [1.54, 1.807) is 0 Å². The van der Waals surface area contributed by atoms with Gasteiger partial charge in [-0.25, -0.2) is 0 Å². The van der Waals surface area contributed by atoms with E-state index in [9.17, 15) is 0 Å². The van der Waals surface area contributed by atoms with Gasteiger partial charge in [-0.05, 0) is 49.8 Å². The lowest BCUT2D eigenvalue weighted by atomic mass is 10.0. The summed E-state index contributed by atoms with van der Waals surface area (Å²) >= 11 is 5.51. The van der Waals surface area contributed by atoms with Gasteiger partial charge in [-0.15, -0.1) is 0 Å². The summed E-state index contributed by atoms with van der Waals surface area (Å²) in [5.41, 5.74) is 0.984. The molecule has 1 N–H and O–H groups in total. The fraction of sp³-hybridized carbons (Fsp3) is 0.375. The van der Waals surface area contributed by atoms with E-state index >= 15 is 0 Å². The van der Waals surface area contributed by atoms with E-state index in [1.807, 2.05) is 43.5 Å². The van der Waals surface area contributed by atoms with E-state index in [4.69, 9.17) is 16.6 Å². The Balaban J connectivity index is 2.00. The molecule has 21 heavy (non-hydrogen) atoms. The summed E-state index contributed by atoms with van der Waals surface area (Å²) in [4.78, 5) is 6.68. The zero-order valence-corrected chi connectivity index (χ0v) is 13.1. The Hall–Kier alpha value is -1.88. The molecule has 1 saturated heterocycles. The van der Waals surface area contributed by atoms with Crippen LogP contribution in [0.1, 0.15) is 42.6 Å². The fourth-order valence-corrected chi connectivity index (χ4v) is 3.14. The molecule has 0 aliphatic carbocycles. The second-order valence-electron chi connectivity index (χ2n) is 5.27. The molecule has 0 bridgehead atoms. The van der Waals surface area contributed by atoms with Gasteiger partial charge in [0.2, 0.25) is 0 Å². The van der Waals surface area contributed by atoms with Gasteiger partial charge in [0.1, 0.15) is 17.6 Å². The molecule has 3 heterocycles. The summed E-state index contributed by atoms with van der Waals surface area (Å²) in [6.07, 6.45) is 2.85. The van der Waals surface area contributed by atoms with Crippen molar-refractivity contribution in [3.63, 3.8) is 0 Å². The van der Waals surface area contributed by atoms with Crippen molar-refractivity contribution in [3.8, 4) is 0 Å². The van der Waals surface area contributed by atoms with Gasteiger partial charge in [-0.1, -0.05) is 13.0 Å².